The van der Waals surface area contributed by atoms with E-state index in [-0.39, 0.29) is 15.8 Å². The maximum absolute atomic E-state index is 12.1. The number of ether oxygens (including phenoxy) is 1. The summed E-state index contributed by atoms with van der Waals surface area (Å²) in [6, 6.07) is 2.95. The summed E-state index contributed by atoms with van der Waals surface area (Å²) < 4.78 is 28.3. The van der Waals surface area contributed by atoms with Crippen molar-refractivity contribution in [1.82, 2.24) is 0 Å². The molecule has 0 bridgehead atoms. The van der Waals surface area contributed by atoms with Crippen molar-refractivity contribution in [3.63, 3.8) is 0 Å². The fraction of sp³-hybridized carbons (Fsp3) is 0.400. The Morgan fingerprint density at radius 2 is 1.88 bits per heavy atom. The van der Waals surface area contributed by atoms with Crippen molar-refractivity contribution in [3.8, 4) is 5.75 Å². The highest BCUT2D eigenvalue weighted by Gasteiger charge is 2.14. The van der Waals surface area contributed by atoms with Gasteiger partial charge in [0.15, 0.2) is 5.75 Å². The SMILES string of the molecule is NCCCNc1cc(Cl)c(OC(F)F)c(Cl)c1. The molecular formula is C10H12Cl2F2N2O. The lowest BCUT2D eigenvalue weighted by Gasteiger charge is -2.12. The van der Waals surface area contributed by atoms with Gasteiger partial charge in [-0.25, -0.2) is 0 Å². The Labute approximate surface area is 108 Å². The van der Waals surface area contributed by atoms with E-state index in [0.717, 1.165) is 6.42 Å². The van der Waals surface area contributed by atoms with Crippen LogP contribution in [0.25, 0.3) is 0 Å². The maximum atomic E-state index is 12.1. The number of benzene rings is 1. The Hall–Kier alpha value is -0.780. The van der Waals surface area contributed by atoms with E-state index in [1.165, 1.54) is 12.1 Å². The van der Waals surface area contributed by atoms with Gasteiger partial charge in [0.05, 0.1) is 10.0 Å². The van der Waals surface area contributed by atoms with Gasteiger partial charge >= 0.3 is 6.61 Å². The number of hydrogen-bond acceptors (Lipinski definition) is 3. The molecule has 1 aromatic rings. The lowest BCUT2D eigenvalue weighted by atomic mass is 10.3. The molecule has 7 heteroatoms. The first-order valence-corrected chi connectivity index (χ1v) is 5.68. The molecule has 0 amide bonds. The minimum absolute atomic E-state index is 0.0352. The van der Waals surface area contributed by atoms with E-state index in [9.17, 15) is 8.78 Å². The number of rotatable bonds is 6. The monoisotopic (exact) mass is 284 g/mol. The fourth-order valence-electron chi connectivity index (χ4n) is 1.20. The fourth-order valence-corrected chi connectivity index (χ4v) is 1.77. The second-order valence-electron chi connectivity index (χ2n) is 3.22. The number of nitrogens with one attached hydrogen (secondary N) is 1. The standard InChI is InChI=1S/C10H12Cl2F2N2O/c11-7-4-6(16-3-1-2-15)5-8(12)9(7)17-10(13)14/h4-5,10,16H,1-3,15H2. The smallest absolute Gasteiger partial charge is 0.387 e. The van der Waals surface area contributed by atoms with Crippen molar-refractivity contribution in [1.29, 1.82) is 0 Å². The molecule has 3 N–H and O–H groups in total. The summed E-state index contributed by atoms with van der Waals surface area (Å²) in [7, 11) is 0. The lowest BCUT2D eigenvalue weighted by Crippen LogP contribution is -2.09. The Balaban J connectivity index is 2.78. The van der Waals surface area contributed by atoms with E-state index in [2.05, 4.69) is 10.1 Å². The molecule has 3 nitrogen and oxygen atoms in total. The molecule has 0 atom stereocenters. The zero-order valence-corrected chi connectivity index (χ0v) is 10.4. The van der Waals surface area contributed by atoms with E-state index >= 15 is 0 Å². The average Bonchev–Trinajstić information content (AvgIpc) is 2.24. The largest absolute Gasteiger partial charge is 0.432 e. The van der Waals surface area contributed by atoms with Crippen molar-refractivity contribution < 1.29 is 13.5 Å². The molecule has 0 heterocycles. The Morgan fingerprint density at radius 3 is 2.35 bits per heavy atom. The molecule has 0 aliphatic rings. The van der Waals surface area contributed by atoms with Crippen LogP contribution in [0, 0.1) is 0 Å². The normalized spacial score (nSPS) is 10.7. The molecular weight excluding hydrogens is 273 g/mol. The quantitative estimate of drug-likeness (QED) is 0.788. The van der Waals surface area contributed by atoms with Gasteiger partial charge in [-0.15, -0.1) is 0 Å². The van der Waals surface area contributed by atoms with Gasteiger partial charge in [0.1, 0.15) is 0 Å². The van der Waals surface area contributed by atoms with Crippen molar-refractivity contribution in [2.24, 2.45) is 5.73 Å². The van der Waals surface area contributed by atoms with Crippen LogP contribution in [0.4, 0.5) is 14.5 Å². The van der Waals surface area contributed by atoms with Gasteiger partial charge < -0.3 is 15.8 Å². The van der Waals surface area contributed by atoms with Crippen LogP contribution in [0.5, 0.6) is 5.75 Å². The Morgan fingerprint density at radius 1 is 1.29 bits per heavy atom. The molecule has 1 rings (SSSR count). The summed E-state index contributed by atoms with van der Waals surface area (Å²) in [5.74, 6) is -0.215. The first-order chi connectivity index (χ1) is 8.04. The third kappa shape index (κ3) is 4.53. The predicted octanol–water partition coefficient (Wildman–Crippen LogP) is 3.36. The van der Waals surface area contributed by atoms with Crippen LogP contribution in [0.3, 0.4) is 0 Å². The van der Waals surface area contributed by atoms with E-state index in [1.54, 1.807) is 0 Å². The van der Waals surface area contributed by atoms with E-state index in [1.807, 2.05) is 0 Å². The molecule has 0 aromatic heterocycles. The van der Waals surface area contributed by atoms with Crippen molar-refractivity contribution in [3.05, 3.63) is 22.2 Å². The number of anilines is 1. The third-order valence-corrected chi connectivity index (χ3v) is 2.48. The number of halogens is 4. The number of alkyl halides is 2. The van der Waals surface area contributed by atoms with Crippen molar-refractivity contribution in [2.45, 2.75) is 13.0 Å². The Kier molecular flexibility index (Phi) is 5.74. The van der Waals surface area contributed by atoms with Crippen LogP contribution in [-0.4, -0.2) is 19.7 Å². The molecule has 0 aliphatic carbocycles. The van der Waals surface area contributed by atoms with Gasteiger partial charge in [-0.2, -0.15) is 8.78 Å². The molecule has 0 spiro atoms. The van der Waals surface area contributed by atoms with Crippen molar-refractivity contribution >= 4 is 28.9 Å². The first kappa shape index (κ1) is 14.3. The van der Waals surface area contributed by atoms with Crippen LogP contribution in [0.15, 0.2) is 12.1 Å². The summed E-state index contributed by atoms with van der Waals surface area (Å²) >= 11 is 11.6. The second-order valence-corrected chi connectivity index (χ2v) is 4.03. The van der Waals surface area contributed by atoms with E-state index in [0.29, 0.717) is 18.8 Å². The molecule has 17 heavy (non-hydrogen) atoms. The number of hydrogen-bond donors (Lipinski definition) is 2. The van der Waals surface area contributed by atoms with Crippen LogP contribution in [0.2, 0.25) is 10.0 Å². The minimum Gasteiger partial charge on any atom is -0.432 e. The number of nitrogens with two attached hydrogens (primary N) is 1. The van der Waals surface area contributed by atoms with Gasteiger partial charge in [-0.3, -0.25) is 0 Å². The molecule has 96 valence electrons. The van der Waals surface area contributed by atoms with E-state index < -0.39 is 6.61 Å². The van der Waals surface area contributed by atoms with Gasteiger partial charge in [0, 0.05) is 12.2 Å². The highest BCUT2D eigenvalue weighted by Crippen LogP contribution is 2.36. The van der Waals surface area contributed by atoms with Gasteiger partial charge in [-0.05, 0) is 25.1 Å². The van der Waals surface area contributed by atoms with Crippen molar-refractivity contribution in [2.75, 3.05) is 18.4 Å². The summed E-state index contributed by atoms with van der Waals surface area (Å²) in [5, 5.41) is 3.09. The van der Waals surface area contributed by atoms with Crippen LogP contribution in [0.1, 0.15) is 6.42 Å². The first-order valence-electron chi connectivity index (χ1n) is 4.92. The molecule has 0 unspecified atom stereocenters. The average molecular weight is 285 g/mol. The van der Waals surface area contributed by atoms with E-state index in [4.69, 9.17) is 28.9 Å². The van der Waals surface area contributed by atoms with Crippen LogP contribution >= 0.6 is 23.2 Å². The zero-order valence-electron chi connectivity index (χ0n) is 8.85. The molecule has 0 saturated heterocycles. The molecule has 0 saturated carbocycles. The summed E-state index contributed by atoms with van der Waals surface area (Å²) in [6.45, 7) is -1.75. The molecule has 0 fully saturated rings. The Bertz CT molecular complexity index is 354. The molecule has 0 aliphatic heterocycles. The van der Waals surface area contributed by atoms with Gasteiger partial charge in [0.2, 0.25) is 0 Å². The maximum Gasteiger partial charge on any atom is 0.387 e. The summed E-state index contributed by atoms with van der Waals surface area (Å²) in [4.78, 5) is 0. The van der Waals surface area contributed by atoms with Crippen LogP contribution < -0.4 is 15.8 Å². The lowest BCUT2D eigenvalue weighted by molar-refractivity contribution is -0.0497. The van der Waals surface area contributed by atoms with Gasteiger partial charge in [0.25, 0.3) is 0 Å². The highest BCUT2D eigenvalue weighted by atomic mass is 35.5. The summed E-state index contributed by atoms with van der Waals surface area (Å²) in [5.41, 5.74) is 5.97. The topological polar surface area (TPSA) is 47.3 Å². The third-order valence-electron chi connectivity index (χ3n) is 1.92. The molecule has 1 aromatic carbocycles. The minimum atomic E-state index is -2.96. The zero-order chi connectivity index (χ0) is 12.8. The summed E-state index contributed by atoms with van der Waals surface area (Å²) in [6.07, 6.45) is 0.782. The second kappa shape index (κ2) is 6.83. The van der Waals surface area contributed by atoms with Crippen LogP contribution in [-0.2, 0) is 0 Å². The van der Waals surface area contributed by atoms with Gasteiger partial charge in [-0.1, -0.05) is 23.2 Å². The predicted molar refractivity (Wildman–Crippen MR) is 65.3 cm³/mol. The highest BCUT2D eigenvalue weighted by molar-refractivity contribution is 6.37. The molecule has 0 radical (unpaired) electrons.